The normalized spacial score (nSPS) is 19.5. The van der Waals surface area contributed by atoms with Crippen molar-refractivity contribution >= 4 is 67.2 Å². The smallest absolute Gasteiger partial charge is 0.0807 e. The molecule has 4 heteroatoms. The van der Waals surface area contributed by atoms with Gasteiger partial charge in [0.25, 0.3) is 0 Å². The van der Waals surface area contributed by atoms with Crippen molar-refractivity contribution in [3.05, 3.63) is 135 Å². The summed E-state index contributed by atoms with van der Waals surface area (Å²) in [4.78, 5) is 4.03. The second-order valence-corrected chi connectivity index (χ2v) is 14.1. The van der Waals surface area contributed by atoms with Crippen LogP contribution in [-0.4, -0.2) is 10.6 Å². The monoisotopic (exact) mass is 602 g/mol. The number of allylic oxidation sites excluding steroid dienone is 4. The molecule has 4 heterocycles. The van der Waals surface area contributed by atoms with Gasteiger partial charge in [0.1, 0.15) is 0 Å². The zero-order valence-electron chi connectivity index (χ0n) is 24.2. The first kappa shape index (κ1) is 25.0. The number of rotatable bonds is 3. The van der Waals surface area contributed by atoms with Gasteiger partial charge >= 0.3 is 0 Å². The molecule has 212 valence electrons. The van der Waals surface area contributed by atoms with Crippen molar-refractivity contribution in [1.82, 2.24) is 4.57 Å². The molecule has 2 atom stereocenters. The fraction of sp³-hybridized carbons (Fsp3) is 0.150. The quantitative estimate of drug-likeness (QED) is 0.196. The molecule has 0 radical (unpaired) electrons. The van der Waals surface area contributed by atoms with Crippen molar-refractivity contribution in [2.45, 2.75) is 37.6 Å². The Morgan fingerprint density at radius 2 is 1.48 bits per heavy atom. The van der Waals surface area contributed by atoms with E-state index < -0.39 is 0 Å². The number of hydrogen-bond acceptors (Lipinski definition) is 3. The number of aryl methyl sites for hydroxylation is 2. The predicted octanol–water partition coefficient (Wildman–Crippen LogP) is 11.2. The third-order valence-corrected chi connectivity index (χ3v) is 12.0. The minimum absolute atomic E-state index is 0.276. The van der Waals surface area contributed by atoms with Gasteiger partial charge in [0, 0.05) is 54.1 Å². The molecule has 3 aliphatic carbocycles. The van der Waals surface area contributed by atoms with E-state index in [1.807, 2.05) is 22.7 Å². The summed E-state index contributed by atoms with van der Waals surface area (Å²) in [5.74, 6) is 0.367. The van der Waals surface area contributed by atoms with E-state index in [0.29, 0.717) is 5.92 Å². The van der Waals surface area contributed by atoms with Crippen LogP contribution in [-0.2, 0) is 12.8 Å². The second kappa shape index (κ2) is 9.56. The summed E-state index contributed by atoms with van der Waals surface area (Å²) in [6, 6.07) is 23.2. The second-order valence-electron chi connectivity index (χ2n) is 12.3. The van der Waals surface area contributed by atoms with Crippen LogP contribution in [0.15, 0.2) is 108 Å². The van der Waals surface area contributed by atoms with Crippen LogP contribution in [0.4, 0.5) is 11.4 Å². The Morgan fingerprint density at radius 3 is 2.43 bits per heavy atom. The molecule has 3 aromatic heterocycles. The van der Waals surface area contributed by atoms with Gasteiger partial charge in [-0.25, -0.2) is 0 Å². The van der Waals surface area contributed by atoms with Crippen LogP contribution in [0.1, 0.15) is 46.0 Å². The van der Waals surface area contributed by atoms with Gasteiger partial charge < -0.3 is 9.47 Å². The van der Waals surface area contributed by atoms with Crippen molar-refractivity contribution in [2.24, 2.45) is 0 Å². The van der Waals surface area contributed by atoms with Gasteiger partial charge in [0.05, 0.1) is 22.9 Å². The highest BCUT2D eigenvalue weighted by molar-refractivity contribution is 7.20. The van der Waals surface area contributed by atoms with E-state index in [1.165, 1.54) is 76.4 Å². The van der Waals surface area contributed by atoms with Gasteiger partial charge in [-0.15, -0.1) is 22.7 Å². The maximum absolute atomic E-state index is 2.60. The summed E-state index contributed by atoms with van der Waals surface area (Å²) in [5, 5.41) is 7.56. The molecule has 0 saturated carbocycles. The lowest BCUT2D eigenvalue weighted by Gasteiger charge is -2.29. The third kappa shape index (κ3) is 3.41. The van der Waals surface area contributed by atoms with Crippen LogP contribution in [0.25, 0.3) is 50.0 Å². The van der Waals surface area contributed by atoms with Crippen LogP contribution >= 0.6 is 22.7 Å². The molecular weight excluding hydrogens is 573 g/mol. The molecule has 1 aliphatic heterocycles. The number of benzene rings is 3. The van der Waals surface area contributed by atoms with Crippen LogP contribution < -0.4 is 4.90 Å². The number of nitrogens with zero attached hydrogens (tertiary/aromatic N) is 2. The number of hydrogen-bond donors (Lipinski definition) is 0. The lowest BCUT2D eigenvalue weighted by Crippen LogP contribution is -2.29. The van der Waals surface area contributed by atoms with Crippen LogP contribution in [0.2, 0.25) is 0 Å². The summed E-state index contributed by atoms with van der Waals surface area (Å²) in [6.07, 6.45) is 23.0. The number of anilines is 2. The maximum atomic E-state index is 2.60. The molecule has 0 N–H and O–H groups in total. The molecule has 0 fully saturated rings. The van der Waals surface area contributed by atoms with E-state index in [-0.39, 0.29) is 6.04 Å². The highest BCUT2D eigenvalue weighted by atomic mass is 32.1. The van der Waals surface area contributed by atoms with E-state index in [0.717, 1.165) is 25.7 Å². The van der Waals surface area contributed by atoms with Crippen molar-refractivity contribution in [3.8, 4) is 16.8 Å². The fourth-order valence-electron chi connectivity index (χ4n) is 8.16. The lowest BCUT2D eigenvalue weighted by molar-refractivity contribution is 0.744. The zero-order chi connectivity index (χ0) is 28.8. The lowest BCUT2D eigenvalue weighted by atomic mass is 9.91. The minimum Gasteiger partial charge on any atom is -0.331 e. The molecule has 2 nitrogen and oxygen atoms in total. The Labute approximate surface area is 265 Å². The van der Waals surface area contributed by atoms with E-state index >= 15 is 0 Å². The van der Waals surface area contributed by atoms with Crippen LogP contribution in [0.3, 0.4) is 0 Å². The first-order valence-electron chi connectivity index (χ1n) is 15.7. The Kier molecular flexibility index (Phi) is 5.43. The van der Waals surface area contributed by atoms with Gasteiger partial charge in [-0.2, -0.15) is 0 Å². The van der Waals surface area contributed by atoms with Gasteiger partial charge in [-0.1, -0.05) is 91.1 Å². The number of fused-ring (bicyclic) bond motifs is 9. The minimum atomic E-state index is 0.276. The van der Waals surface area contributed by atoms with Crippen LogP contribution in [0.5, 0.6) is 0 Å². The van der Waals surface area contributed by atoms with E-state index in [4.69, 9.17) is 0 Å². The van der Waals surface area contributed by atoms with Crippen molar-refractivity contribution in [3.63, 3.8) is 0 Å². The molecule has 2 unspecified atom stereocenters. The van der Waals surface area contributed by atoms with Gasteiger partial charge in [0.15, 0.2) is 0 Å². The largest absolute Gasteiger partial charge is 0.331 e. The summed E-state index contributed by atoms with van der Waals surface area (Å²) in [5.41, 5.74) is 13.7. The maximum Gasteiger partial charge on any atom is 0.0807 e. The van der Waals surface area contributed by atoms with Gasteiger partial charge in [0.2, 0.25) is 0 Å². The summed E-state index contributed by atoms with van der Waals surface area (Å²) in [7, 11) is 0. The Balaban J connectivity index is 1.25. The molecule has 0 bridgehead atoms. The van der Waals surface area contributed by atoms with Gasteiger partial charge in [-0.05, 0) is 66.0 Å². The number of aromatic nitrogens is 1. The zero-order valence-corrected chi connectivity index (χ0v) is 25.9. The van der Waals surface area contributed by atoms with Crippen molar-refractivity contribution in [2.75, 3.05) is 4.90 Å². The van der Waals surface area contributed by atoms with Crippen LogP contribution in [0, 0.1) is 0 Å². The summed E-state index contributed by atoms with van der Waals surface area (Å²) in [6.45, 7) is 0. The first-order chi connectivity index (χ1) is 21.9. The first-order valence-corrected chi connectivity index (χ1v) is 17.5. The topological polar surface area (TPSA) is 8.17 Å². The summed E-state index contributed by atoms with van der Waals surface area (Å²) >= 11 is 3.78. The van der Waals surface area contributed by atoms with Gasteiger partial charge in [-0.3, -0.25) is 0 Å². The standard InChI is InChI=1S/C40H30N2S2/c1-5-19-33-25(11-1)26-12-2-6-20-34(26)41(33)36-23-43-24-37(36)42-35-21-7-3-13-27(35)29-15-9-16-30(39(29)42)32-18-10-17-31-28-14-4-8-22-38(28)44-40(31)32/h1-2,5-12,15-25,33H,3-4,13-14H2. The van der Waals surface area contributed by atoms with E-state index in [9.17, 15) is 0 Å². The molecule has 0 amide bonds. The third-order valence-electron chi connectivity index (χ3n) is 10.0. The SMILES string of the molecule is C1=CC2c3ccccc3N(c3cscc3-n3c4c(c5cccc(-c6cccc7c8c(sc67)C=CCC8)c53)CCC=C4)C2C=C1. The molecule has 0 spiro atoms. The molecular formula is C40H30N2S2. The molecule has 10 rings (SSSR count). The Bertz CT molecular complexity index is 2270. The number of thiophene rings is 2. The average Bonchev–Trinajstić information content (AvgIpc) is 3.85. The van der Waals surface area contributed by atoms with E-state index in [1.54, 1.807) is 0 Å². The van der Waals surface area contributed by atoms with Crippen molar-refractivity contribution < 1.29 is 0 Å². The molecule has 3 aromatic carbocycles. The molecule has 4 aliphatic rings. The molecule has 0 saturated heterocycles. The highest BCUT2D eigenvalue weighted by Crippen LogP contribution is 2.51. The van der Waals surface area contributed by atoms with Crippen molar-refractivity contribution in [1.29, 1.82) is 0 Å². The Hall–Kier alpha value is -4.38. The number of para-hydroxylation sites is 2. The summed E-state index contributed by atoms with van der Waals surface area (Å²) < 4.78 is 4.02. The molecule has 44 heavy (non-hydrogen) atoms. The predicted molar refractivity (Wildman–Crippen MR) is 190 cm³/mol. The fourth-order valence-corrected chi connectivity index (χ4v) is 10.3. The highest BCUT2D eigenvalue weighted by Gasteiger charge is 2.39. The molecule has 6 aromatic rings. The average molecular weight is 603 g/mol. The Morgan fingerprint density at radius 1 is 0.682 bits per heavy atom. The van der Waals surface area contributed by atoms with E-state index in [2.05, 4.69) is 129 Å².